The summed E-state index contributed by atoms with van der Waals surface area (Å²) in [4.78, 5) is 14.9. The van der Waals surface area contributed by atoms with E-state index in [1.54, 1.807) is 0 Å². The zero-order valence-electron chi connectivity index (χ0n) is 15.7. The number of benzene rings is 2. The number of carbonyl (C=O) groups is 1. The average Bonchev–Trinajstić information content (AvgIpc) is 3.14. The monoisotopic (exact) mass is 351 g/mol. The van der Waals surface area contributed by atoms with Gasteiger partial charge in [0.25, 0.3) is 0 Å². The minimum absolute atomic E-state index is 0.0906. The van der Waals surface area contributed by atoms with Crippen molar-refractivity contribution in [2.75, 3.05) is 25.0 Å². The fraction of sp³-hybridized carbons (Fsp3) is 0.409. The third-order valence-electron chi connectivity index (χ3n) is 5.19. The van der Waals surface area contributed by atoms with Crippen LogP contribution in [0.15, 0.2) is 54.6 Å². The molecule has 2 aromatic rings. The Labute approximate surface area is 156 Å². The molecule has 3 rings (SSSR count). The first-order chi connectivity index (χ1) is 12.5. The Hall–Kier alpha value is -2.17. The van der Waals surface area contributed by atoms with Crippen LogP contribution in [0.5, 0.6) is 0 Å². The van der Waals surface area contributed by atoms with Gasteiger partial charge >= 0.3 is 0 Å². The third-order valence-corrected chi connectivity index (χ3v) is 5.19. The van der Waals surface area contributed by atoms with Gasteiger partial charge in [-0.3, -0.25) is 4.79 Å². The smallest absolute Gasteiger partial charge is 0.245 e. The SMILES string of the molecule is CC(C)(CN1CCCC1)c1ccc(NC(=O)C(N)c2ccccc2)cc1. The van der Waals surface area contributed by atoms with E-state index in [0.29, 0.717) is 0 Å². The summed E-state index contributed by atoms with van der Waals surface area (Å²) in [5.74, 6) is -0.194. The third kappa shape index (κ3) is 4.51. The van der Waals surface area contributed by atoms with E-state index in [0.717, 1.165) is 17.8 Å². The molecule has 1 fully saturated rings. The van der Waals surface area contributed by atoms with Gasteiger partial charge in [0.2, 0.25) is 5.91 Å². The molecule has 1 atom stereocenters. The molecule has 0 aromatic heterocycles. The fourth-order valence-corrected chi connectivity index (χ4v) is 3.63. The number of amides is 1. The first kappa shape index (κ1) is 18.6. The van der Waals surface area contributed by atoms with E-state index in [1.807, 2.05) is 42.5 Å². The van der Waals surface area contributed by atoms with E-state index in [1.165, 1.54) is 31.5 Å². The standard InChI is InChI=1S/C22H29N3O/c1-22(2,16-25-14-6-7-15-25)18-10-12-19(13-11-18)24-21(26)20(23)17-8-4-3-5-9-17/h3-5,8-13,20H,6-7,14-16,23H2,1-2H3,(H,24,26). The van der Waals surface area contributed by atoms with Gasteiger partial charge in [0.05, 0.1) is 0 Å². The van der Waals surface area contributed by atoms with Crippen LogP contribution < -0.4 is 11.1 Å². The van der Waals surface area contributed by atoms with Crippen molar-refractivity contribution in [2.24, 2.45) is 5.73 Å². The van der Waals surface area contributed by atoms with Gasteiger partial charge < -0.3 is 16.0 Å². The first-order valence-electron chi connectivity index (χ1n) is 9.40. The second-order valence-corrected chi connectivity index (χ2v) is 7.82. The Kier molecular flexibility index (Phi) is 5.74. The largest absolute Gasteiger partial charge is 0.324 e. The molecule has 1 aliphatic heterocycles. The summed E-state index contributed by atoms with van der Waals surface area (Å²) >= 11 is 0. The lowest BCUT2D eigenvalue weighted by molar-refractivity contribution is -0.117. The van der Waals surface area contributed by atoms with Crippen molar-refractivity contribution in [1.29, 1.82) is 0 Å². The summed E-state index contributed by atoms with van der Waals surface area (Å²) in [6.45, 7) is 8.04. The molecule has 1 aliphatic rings. The molecule has 0 bridgehead atoms. The van der Waals surface area contributed by atoms with Crippen LogP contribution in [-0.2, 0) is 10.2 Å². The average molecular weight is 351 g/mol. The number of rotatable bonds is 6. The van der Waals surface area contributed by atoms with Gasteiger partial charge in [0.1, 0.15) is 6.04 Å². The van der Waals surface area contributed by atoms with Crippen LogP contribution in [0.25, 0.3) is 0 Å². The molecular formula is C22H29N3O. The molecule has 4 nitrogen and oxygen atoms in total. The van der Waals surface area contributed by atoms with Crippen molar-refractivity contribution < 1.29 is 4.79 Å². The van der Waals surface area contributed by atoms with Gasteiger partial charge in [0, 0.05) is 17.6 Å². The molecule has 0 saturated carbocycles. The maximum absolute atomic E-state index is 12.4. The Morgan fingerprint density at radius 2 is 1.69 bits per heavy atom. The number of nitrogens with two attached hydrogens (primary N) is 1. The van der Waals surface area contributed by atoms with Gasteiger partial charge in [-0.15, -0.1) is 0 Å². The lowest BCUT2D eigenvalue weighted by Gasteiger charge is -2.30. The highest BCUT2D eigenvalue weighted by atomic mass is 16.2. The molecule has 0 radical (unpaired) electrons. The molecule has 0 spiro atoms. The van der Waals surface area contributed by atoms with Crippen molar-refractivity contribution in [3.05, 3.63) is 65.7 Å². The van der Waals surface area contributed by atoms with Gasteiger partial charge in [-0.25, -0.2) is 0 Å². The maximum Gasteiger partial charge on any atom is 0.245 e. The topological polar surface area (TPSA) is 58.4 Å². The number of hydrogen-bond donors (Lipinski definition) is 2. The van der Waals surface area contributed by atoms with Crippen LogP contribution in [0.3, 0.4) is 0 Å². The van der Waals surface area contributed by atoms with Crippen LogP contribution in [-0.4, -0.2) is 30.4 Å². The zero-order valence-corrected chi connectivity index (χ0v) is 15.7. The predicted molar refractivity (Wildman–Crippen MR) is 107 cm³/mol. The maximum atomic E-state index is 12.4. The predicted octanol–water partition coefficient (Wildman–Crippen LogP) is 3.70. The van der Waals surface area contributed by atoms with Gasteiger partial charge in [-0.1, -0.05) is 56.3 Å². The number of anilines is 1. The molecule has 1 heterocycles. The molecule has 138 valence electrons. The highest BCUT2D eigenvalue weighted by Gasteiger charge is 2.25. The van der Waals surface area contributed by atoms with Crippen molar-refractivity contribution in [1.82, 2.24) is 4.90 Å². The normalized spacial score (nSPS) is 16.4. The molecule has 1 saturated heterocycles. The van der Waals surface area contributed by atoms with Crippen LogP contribution in [0.2, 0.25) is 0 Å². The molecule has 3 N–H and O–H groups in total. The molecule has 1 unspecified atom stereocenters. The summed E-state index contributed by atoms with van der Waals surface area (Å²) in [5, 5.41) is 2.92. The van der Waals surface area contributed by atoms with Crippen LogP contribution in [0.1, 0.15) is 43.9 Å². The van der Waals surface area contributed by atoms with E-state index < -0.39 is 6.04 Å². The van der Waals surface area contributed by atoms with E-state index in [4.69, 9.17) is 5.73 Å². The second kappa shape index (κ2) is 8.02. The van der Waals surface area contributed by atoms with Gasteiger partial charge in [-0.2, -0.15) is 0 Å². The Morgan fingerprint density at radius 1 is 1.08 bits per heavy atom. The van der Waals surface area contributed by atoms with Crippen molar-refractivity contribution >= 4 is 11.6 Å². The number of nitrogens with zero attached hydrogens (tertiary/aromatic N) is 1. The highest BCUT2D eigenvalue weighted by molar-refractivity contribution is 5.95. The van der Waals surface area contributed by atoms with E-state index >= 15 is 0 Å². The Bertz CT molecular complexity index is 719. The van der Waals surface area contributed by atoms with Crippen molar-refractivity contribution in [2.45, 2.75) is 38.1 Å². The highest BCUT2D eigenvalue weighted by Crippen LogP contribution is 2.27. The number of carbonyl (C=O) groups excluding carboxylic acids is 1. The molecule has 26 heavy (non-hydrogen) atoms. The lowest BCUT2D eigenvalue weighted by atomic mass is 9.84. The second-order valence-electron chi connectivity index (χ2n) is 7.82. The summed E-state index contributed by atoms with van der Waals surface area (Å²) in [5.41, 5.74) is 9.03. The van der Waals surface area contributed by atoms with Crippen LogP contribution in [0.4, 0.5) is 5.69 Å². The summed E-state index contributed by atoms with van der Waals surface area (Å²) in [7, 11) is 0. The summed E-state index contributed by atoms with van der Waals surface area (Å²) in [6.07, 6.45) is 2.62. The molecule has 2 aromatic carbocycles. The molecule has 0 aliphatic carbocycles. The Balaban J connectivity index is 1.62. The number of likely N-dealkylation sites (tertiary alicyclic amines) is 1. The molecule has 4 heteroatoms. The van der Waals surface area contributed by atoms with E-state index in [9.17, 15) is 4.79 Å². The molecular weight excluding hydrogens is 322 g/mol. The number of nitrogens with one attached hydrogen (secondary N) is 1. The van der Waals surface area contributed by atoms with Crippen LogP contribution >= 0.6 is 0 Å². The minimum Gasteiger partial charge on any atom is -0.324 e. The van der Waals surface area contributed by atoms with Crippen molar-refractivity contribution in [3.8, 4) is 0 Å². The van der Waals surface area contributed by atoms with E-state index in [2.05, 4.69) is 36.2 Å². The molecule has 1 amide bonds. The quantitative estimate of drug-likeness (QED) is 0.834. The van der Waals surface area contributed by atoms with Gasteiger partial charge in [-0.05, 0) is 49.2 Å². The van der Waals surface area contributed by atoms with E-state index in [-0.39, 0.29) is 11.3 Å². The Morgan fingerprint density at radius 3 is 2.31 bits per heavy atom. The van der Waals surface area contributed by atoms with Gasteiger partial charge in [0.15, 0.2) is 0 Å². The van der Waals surface area contributed by atoms with Crippen LogP contribution in [0, 0.1) is 0 Å². The van der Waals surface area contributed by atoms with Crippen molar-refractivity contribution in [3.63, 3.8) is 0 Å². The number of hydrogen-bond acceptors (Lipinski definition) is 3. The summed E-state index contributed by atoms with van der Waals surface area (Å²) in [6, 6.07) is 16.9. The first-order valence-corrected chi connectivity index (χ1v) is 9.40. The zero-order chi connectivity index (χ0) is 18.6. The lowest BCUT2D eigenvalue weighted by Crippen LogP contribution is -2.35. The minimum atomic E-state index is -0.664. The fourth-order valence-electron chi connectivity index (χ4n) is 3.63. The summed E-state index contributed by atoms with van der Waals surface area (Å²) < 4.78 is 0.